The summed E-state index contributed by atoms with van der Waals surface area (Å²) >= 11 is 7.00. The van der Waals surface area contributed by atoms with Crippen molar-refractivity contribution in [1.29, 1.82) is 0 Å². The van der Waals surface area contributed by atoms with Crippen molar-refractivity contribution in [2.45, 2.75) is 4.90 Å². The number of hydroxylamine groups is 1. The minimum atomic E-state index is -3.51. The van der Waals surface area contributed by atoms with E-state index in [1.54, 1.807) is 29.7 Å². The van der Waals surface area contributed by atoms with Crippen molar-refractivity contribution >= 4 is 54.5 Å². The van der Waals surface area contributed by atoms with Crippen LogP contribution >= 0.6 is 22.9 Å². The van der Waals surface area contributed by atoms with Gasteiger partial charge in [0.25, 0.3) is 5.91 Å². The van der Waals surface area contributed by atoms with Crippen molar-refractivity contribution in [1.82, 2.24) is 5.48 Å². The van der Waals surface area contributed by atoms with Gasteiger partial charge in [-0.3, -0.25) is 10.0 Å². The molecule has 1 amide bonds. The molecular weight excluding hydrogens is 384 g/mol. The van der Waals surface area contributed by atoms with Crippen LogP contribution in [0.4, 0.5) is 5.69 Å². The van der Waals surface area contributed by atoms with E-state index in [0.717, 1.165) is 10.1 Å². The summed E-state index contributed by atoms with van der Waals surface area (Å²) in [6, 6.07) is 12.9. The molecule has 3 N–H and O–H groups in total. The average Bonchev–Trinajstić information content (AvgIpc) is 3.03. The number of hydrogen-bond acceptors (Lipinski definition) is 6. The van der Waals surface area contributed by atoms with Gasteiger partial charge in [0.2, 0.25) is 0 Å². The number of nitrogens with one attached hydrogen (secondary N) is 2. The van der Waals surface area contributed by atoms with Crippen LogP contribution in [0.15, 0.2) is 53.4 Å². The molecule has 0 fully saturated rings. The number of benzene rings is 2. The lowest BCUT2D eigenvalue weighted by Gasteiger charge is -2.08. The average molecular weight is 397 g/mol. The van der Waals surface area contributed by atoms with Crippen LogP contribution in [0.3, 0.4) is 0 Å². The van der Waals surface area contributed by atoms with Crippen molar-refractivity contribution in [2.75, 3.05) is 11.2 Å². The zero-order valence-corrected chi connectivity index (χ0v) is 15.1. The van der Waals surface area contributed by atoms with Crippen LogP contribution in [0.2, 0.25) is 5.02 Å². The molecule has 9 heteroatoms. The van der Waals surface area contributed by atoms with Gasteiger partial charge >= 0.3 is 0 Å². The zero-order valence-electron chi connectivity index (χ0n) is 12.7. The number of rotatable bonds is 5. The highest BCUT2D eigenvalue weighted by Gasteiger charge is 2.14. The topological polar surface area (TPSA) is 95.5 Å². The Bertz CT molecular complexity index is 1030. The predicted octanol–water partition coefficient (Wildman–Crippen LogP) is 3.52. The molecule has 1 heterocycles. The van der Waals surface area contributed by atoms with Gasteiger partial charge in [0.15, 0.2) is 9.84 Å². The van der Waals surface area contributed by atoms with E-state index in [0.29, 0.717) is 15.6 Å². The van der Waals surface area contributed by atoms with Gasteiger partial charge in [-0.2, -0.15) is 0 Å². The first kappa shape index (κ1) is 17.7. The molecule has 0 aliphatic carbocycles. The van der Waals surface area contributed by atoms with Crippen molar-refractivity contribution in [3.8, 4) is 0 Å². The fraction of sp³-hybridized carbons (Fsp3) is 0.0625. The highest BCUT2D eigenvalue weighted by Crippen LogP contribution is 2.28. The van der Waals surface area contributed by atoms with Gasteiger partial charge in [0.05, 0.1) is 9.77 Å². The Kier molecular flexibility index (Phi) is 4.96. The Balaban J connectivity index is 1.78. The first-order chi connectivity index (χ1) is 11.9. The molecule has 0 atom stereocenters. The number of hydrogen-bond donors (Lipinski definition) is 3. The summed E-state index contributed by atoms with van der Waals surface area (Å²) in [6.45, 7) is 0. The van der Waals surface area contributed by atoms with Crippen molar-refractivity contribution in [3.05, 3.63) is 58.4 Å². The Morgan fingerprint density at radius 2 is 1.84 bits per heavy atom. The summed E-state index contributed by atoms with van der Waals surface area (Å²) < 4.78 is 25.5. The van der Waals surface area contributed by atoms with Crippen LogP contribution in [-0.2, 0) is 9.84 Å². The molecule has 0 unspecified atom stereocenters. The molecule has 2 aromatic carbocycles. The van der Waals surface area contributed by atoms with E-state index in [4.69, 9.17) is 16.8 Å². The number of halogens is 1. The molecule has 6 nitrogen and oxygen atoms in total. The second-order valence-electron chi connectivity index (χ2n) is 5.19. The van der Waals surface area contributed by atoms with Crippen LogP contribution < -0.4 is 10.8 Å². The lowest BCUT2D eigenvalue weighted by molar-refractivity contribution is 0.0711. The molecule has 0 aliphatic heterocycles. The maximum atomic E-state index is 12.3. The minimum absolute atomic E-state index is 0.183. The lowest BCUT2D eigenvalue weighted by atomic mass is 10.2. The summed E-state index contributed by atoms with van der Waals surface area (Å²) in [4.78, 5) is 12.0. The van der Waals surface area contributed by atoms with E-state index < -0.39 is 15.7 Å². The summed E-state index contributed by atoms with van der Waals surface area (Å²) in [7, 11) is -3.51. The number of fused-ring (bicyclic) bond motifs is 1. The second kappa shape index (κ2) is 7.01. The Hall–Kier alpha value is -2.13. The summed E-state index contributed by atoms with van der Waals surface area (Å²) in [5.74, 6) is -0.852. The van der Waals surface area contributed by atoms with Gasteiger partial charge in [0, 0.05) is 15.4 Å². The standard InChI is InChI=1S/C16H13ClN2O4S2/c17-11-1-4-13(5-2-11)25(22,23)9-18-12-3-6-14-10(7-12)8-15(24-14)16(20)19-21/h1-8,18,21H,9H2,(H,19,20). The Labute approximate surface area is 152 Å². The van der Waals surface area contributed by atoms with Crippen molar-refractivity contribution < 1.29 is 18.4 Å². The van der Waals surface area contributed by atoms with Gasteiger partial charge < -0.3 is 5.32 Å². The number of thiophene rings is 1. The van der Waals surface area contributed by atoms with Gasteiger partial charge in [-0.1, -0.05) is 11.6 Å². The molecule has 0 aliphatic rings. The lowest BCUT2D eigenvalue weighted by Crippen LogP contribution is -2.16. The van der Waals surface area contributed by atoms with Gasteiger partial charge in [-0.15, -0.1) is 11.3 Å². The molecule has 3 aromatic rings. The van der Waals surface area contributed by atoms with Gasteiger partial charge in [0.1, 0.15) is 5.88 Å². The molecule has 0 saturated heterocycles. The third kappa shape index (κ3) is 3.93. The minimum Gasteiger partial charge on any atom is -0.371 e. The van der Waals surface area contributed by atoms with E-state index >= 15 is 0 Å². The Morgan fingerprint density at radius 1 is 1.12 bits per heavy atom. The third-order valence-corrected chi connectivity index (χ3v) is 6.36. The molecule has 25 heavy (non-hydrogen) atoms. The fourth-order valence-corrected chi connectivity index (χ4v) is 4.36. The van der Waals surface area contributed by atoms with Gasteiger partial charge in [-0.05, 0) is 53.9 Å². The van der Waals surface area contributed by atoms with Crippen LogP contribution in [0, 0.1) is 0 Å². The summed E-state index contributed by atoms with van der Waals surface area (Å²) in [6.07, 6.45) is 0. The molecule has 0 bridgehead atoms. The second-order valence-corrected chi connectivity index (χ2v) is 8.70. The number of amides is 1. The highest BCUT2D eigenvalue weighted by atomic mass is 35.5. The largest absolute Gasteiger partial charge is 0.371 e. The monoisotopic (exact) mass is 396 g/mol. The highest BCUT2D eigenvalue weighted by molar-refractivity contribution is 7.91. The number of carbonyl (C=O) groups excluding carboxylic acids is 1. The van der Waals surface area contributed by atoms with E-state index in [9.17, 15) is 13.2 Å². The van der Waals surface area contributed by atoms with Gasteiger partial charge in [-0.25, -0.2) is 13.9 Å². The third-order valence-electron chi connectivity index (χ3n) is 3.48. The first-order valence-corrected chi connectivity index (χ1v) is 9.94. The molecule has 0 radical (unpaired) electrons. The van der Waals surface area contributed by atoms with E-state index in [1.807, 2.05) is 0 Å². The van der Waals surface area contributed by atoms with Crippen LogP contribution in [0.5, 0.6) is 0 Å². The van der Waals surface area contributed by atoms with Crippen molar-refractivity contribution in [3.63, 3.8) is 0 Å². The SMILES string of the molecule is O=C(NO)c1cc2cc(NCS(=O)(=O)c3ccc(Cl)cc3)ccc2s1. The maximum Gasteiger partial charge on any atom is 0.284 e. The van der Waals surface area contributed by atoms with Crippen LogP contribution in [-0.4, -0.2) is 25.4 Å². The molecule has 3 rings (SSSR count). The smallest absolute Gasteiger partial charge is 0.284 e. The fourth-order valence-electron chi connectivity index (χ4n) is 2.22. The quantitative estimate of drug-likeness (QED) is 0.453. The normalized spacial score (nSPS) is 11.4. The van der Waals surface area contributed by atoms with E-state index in [2.05, 4.69) is 5.32 Å². The molecule has 0 saturated carbocycles. The molecule has 130 valence electrons. The molecule has 1 aromatic heterocycles. The van der Waals surface area contributed by atoms with Crippen LogP contribution in [0.1, 0.15) is 9.67 Å². The van der Waals surface area contributed by atoms with Crippen LogP contribution in [0.25, 0.3) is 10.1 Å². The Morgan fingerprint density at radius 3 is 2.52 bits per heavy atom. The molecule has 0 spiro atoms. The first-order valence-electron chi connectivity index (χ1n) is 7.09. The van der Waals surface area contributed by atoms with E-state index in [1.165, 1.54) is 35.6 Å². The number of carbonyl (C=O) groups is 1. The molecular formula is C16H13ClN2O4S2. The predicted molar refractivity (Wildman–Crippen MR) is 98.2 cm³/mol. The summed E-state index contributed by atoms with van der Waals surface area (Å²) in [5, 5.41) is 12.8. The van der Waals surface area contributed by atoms with Crippen molar-refractivity contribution in [2.24, 2.45) is 0 Å². The zero-order chi connectivity index (χ0) is 18.0. The number of anilines is 1. The summed E-state index contributed by atoms with van der Waals surface area (Å²) in [5.41, 5.74) is 2.20. The maximum absolute atomic E-state index is 12.3. The van der Waals surface area contributed by atoms with E-state index in [-0.39, 0.29) is 10.8 Å². The number of sulfone groups is 1.